The molecule has 1 amide bonds. The van der Waals surface area contributed by atoms with Crippen LogP contribution in [0.15, 0.2) is 12.1 Å². The topological polar surface area (TPSA) is 81.1 Å². The number of nitrogens with two attached hydrogens (primary N) is 2. The lowest BCUT2D eigenvalue weighted by molar-refractivity contribution is 0.100. The number of primary amides is 1. The molecule has 0 saturated heterocycles. The molecule has 1 aliphatic carbocycles. The zero-order valence-corrected chi connectivity index (χ0v) is 10.2. The van der Waals surface area contributed by atoms with E-state index in [0.717, 1.165) is 18.4 Å². The molecule has 5 N–H and O–H groups in total. The molecule has 0 unspecified atom stereocenters. The van der Waals surface area contributed by atoms with Crippen molar-refractivity contribution in [1.82, 2.24) is 0 Å². The molecule has 98 valence electrons. The first kappa shape index (κ1) is 12.7. The van der Waals surface area contributed by atoms with Crippen LogP contribution in [0, 0.1) is 11.7 Å². The number of halogens is 1. The van der Waals surface area contributed by atoms with Crippen molar-refractivity contribution in [1.29, 1.82) is 0 Å². The number of anilines is 2. The Morgan fingerprint density at radius 1 is 1.44 bits per heavy atom. The monoisotopic (exact) mass is 251 g/mol. The van der Waals surface area contributed by atoms with E-state index in [0.29, 0.717) is 6.54 Å². The Morgan fingerprint density at radius 3 is 2.72 bits per heavy atom. The number of hydrogen-bond acceptors (Lipinski definition) is 3. The number of carbonyl (C=O) groups excluding carboxylic acids is 1. The van der Waals surface area contributed by atoms with Crippen molar-refractivity contribution in [2.24, 2.45) is 11.7 Å². The van der Waals surface area contributed by atoms with Crippen molar-refractivity contribution in [2.45, 2.75) is 25.7 Å². The summed E-state index contributed by atoms with van der Waals surface area (Å²) in [5, 5.41) is 3.00. The molecule has 0 spiro atoms. The number of carbonyl (C=O) groups is 1. The molecule has 0 bridgehead atoms. The van der Waals surface area contributed by atoms with Crippen molar-refractivity contribution in [2.75, 3.05) is 17.6 Å². The van der Waals surface area contributed by atoms with Gasteiger partial charge in [-0.2, -0.15) is 0 Å². The lowest BCUT2D eigenvalue weighted by Crippen LogP contribution is -2.17. The van der Waals surface area contributed by atoms with E-state index < -0.39 is 11.7 Å². The van der Waals surface area contributed by atoms with Gasteiger partial charge in [-0.05, 0) is 24.5 Å². The summed E-state index contributed by atoms with van der Waals surface area (Å²) < 4.78 is 13.6. The van der Waals surface area contributed by atoms with Gasteiger partial charge in [-0.15, -0.1) is 0 Å². The van der Waals surface area contributed by atoms with Gasteiger partial charge in [0, 0.05) is 12.2 Å². The minimum atomic E-state index is -0.644. The van der Waals surface area contributed by atoms with E-state index in [-0.39, 0.29) is 16.9 Å². The smallest absolute Gasteiger partial charge is 0.250 e. The third kappa shape index (κ3) is 2.72. The molecule has 1 aromatic rings. The summed E-state index contributed by atoms with van der Waals surface area (Å²) in [6, 6.07) is 2.51. The Bertz CT molecular complexity index is 458. The van der Waals surface area contributed by atoms with Gasteiger partial charge in [0.2, 0.25) is 0 Å². The Kier molecular flexibility index (Phi) is 3.69. The first-order valence-corrected chi connectivity index (χ1v) is 6.20. The minimum Gasteiger partial charge on any atom is -0.398 e. The molecule has 1 aromatic carbocycles. The van der Waals surface area contributed by atoms with Crippen LogP contribution in [0.1, 0.15) is 36.0 Å². The van der Waals surface area contributed by atoms with E-state index in [4.69, 9.17) is 11.5 Å². The molecule has 18 heavy (non-hydrogen) atoms. The number of rotatable bonds is 5. The molecule has 0 atom stereocenters. The molecule has 0 radical (unpaired) electrons. The lowest BCUT2D eigenvalue weighted by atomic mass is 9.83. The average Bonchev–Trinajstić information content (AvgIpc) is 2.23. The summed E-state index contributed by atoms with van der Waals surface area (Å²) >= 11 is 0. The van der Waals surface area contributed by atoms with Crippen LogP contribution in [0.2, 0.25) is 0 Å². The van der Waals surface area contributed by atoms with Crippen LogP contribution in [0.3, 0.4) is 0 Å². The van der Waals surface area contributed by atoms with Gasteiger partial charge in [0.1, 0.15) is 5.82 Å². The van der Waals surface area contributed by atoms with Crippen molar-refractivity contribution in [3.05, 3.63) is 23.5 Å². The van der Waals surface area contributed by atoms with Crippen molar-refractivity contribution < 1.29 is 9.18 Å². The SMILES string of the molecule is NC(=O)c1cc(NCCC2CCC2)c(F)cc1N. The quantitative estimate of drug-likeness (QED) is 0.701. The summed E-state index contributed by atoms with van der Waals surface area (Å²) in [5.74, 6) is -0.342. The number of benzene rings is 1. The van der Waals surface area contributed by atoms with Crippen molar-refractivity contribution in [3.63, 3.8) is 0 Å². The number of amides is 1. The molecule has 0 heterocycles. The maximum Gasteiger partial charge on any atom is 0.250 e. The maximum atomic E-state index is 13.6. The zero-order valence-electron chi connectivity index (χ0n) is 10.2. The summed E-state index contributed by atoms with van der Waals surface area (Å²) in [5.41, 5.74) is 11.2. The Hall–Kier alpha value is -1.78. The highest BCUT2D eigenvalue weighted by atomic mass is 19.1. The van der Waals surface area contributed by atoms with Gasteiger partial charge in [0.05, 0.1) is 11.3 Å². The van der Waals surface area contributed by atoms with Gasteiger partial charge in [0.15, 0.2) is 0 Å². The summed E-state index contributed by atoms with van der Waals surface area (Å²) in [7, 11) is 0. The van der Waals surface area contributed by atoms with E-state index in [1.54, 1.807) is 0 Å². The fourth-order valence-electron chi connectivity index (χ4n) is 2.13. The van der Waals surface area contributed by atoms with Crippen LogP contribution in [0.5, 0.6) is 0 Å². The van der Waals surface area contributed by atoms with Crippen molar-refractivity contribution >= 4 is 17.3 Å². The van der Waals surface area contributed by atoms with Crippen LogP contribution >= 0.6 is 0 Å². The standard InChI is InChI=1S/C13H18FN3O/c14-10-7-11(15)9(13(16)18)6-12(10)17-5-4-8-2-1-3-8/h6-8,17H,1-5,15H2,(H2,16,18). The highest BCUT2D eigenvalue weighted by Gasteiger charge is 2.17. The van der Waals surface area contributed by atoms with Crippen LogP contribution in [0.4, 0.5) is 15.8 Å². The predicted octanol–water partition coefficient (Wildman–Crippen LogP) is 2.11. The molecule has 1 fully saturated rings. The van der Waals surface area contributed by atoms with Gasteiger partial charge in [-0.25, -0.2) is 4.39 Å². The van der Waals surface area contributed by atoms with E-state index in [2.05, 4.69) is 5.32 Å². The normalized spacial score (nSPS) is 15.2. The molecule has 5 heteroatoms. The van der Waals surface area contributed by atoms with Crippen LogP contribution < -0.4 is 16.8 Å². The first-order valence-electron chi connectivity index (χ1n) is 6.20. The van der Waals surface area contributed by atoms with Crippen LogP contribution in [-0.4, -0.2) is 12.5 Å². The molecule has 4 nitrogen and oxygen atoms in total. The second-order valence-corrected chi connectivity index (χ2v) is 4.80. The third-order valence-corrected chi connectivity index (χ3v) is 3.50. The molecule has 2 rings (SSSR count). The van der Waals surface area contributed by atoms with Gasteiger partial charge in [0.25, 0.3) is 5.91 Å². The highest BCUT2D eigenvalue weighted by molar-refractivity contribution is 5.99. The largest absolute Gasteiger partial charge is 0.398 e. The van der Waals surface area contributed by atoms with E-state index in [1.165, 1.54) is 25.3 Å². The molecule has 0 aliphatic heterocycles. The fraction of sp³-hybridized carbons (Fsp3) is 0.462. The van der Waals surface area contributed by atoms with E-state index in [1.807, 2.05) is 0 Å². The summed E-state index contributed by atoms with van der Waals surface area (Å²) in [4.78, 5) is 11.1. The van der Waals surface area contributed by atoms with E-state index >= 15 is 0 Å². The second kappa shape index (κ2) is 5.25. The zero-order chi connectivity index (χ0) is 13.1. The third-order valence-electron chi connectivity index (χ3n) is 3.50. The number of nitrogens with one attached hydrogen (secondary N) is 1. The fourth-order valence-corrected chi connectivity index (χ4v) is 2.13. The molecular formula is C13H18FN3O. The average molecular weight is 251 g/mol. The van der Waals surface area contributed by atoms with Crippen LogP contribution in [-0.2, 0) is 0 Å². The Morgan fingerprint density at radius 2 is 2.17 bits per heavy atom. The molecule has 0 aromatic heterocycles. The molecule has 1 aliphatic rings. The van der Waals surface area contributed by atoms with E-state index in [9.17, 15) is 9.18 Å². The molecular weight excluding hydrogens is 233 g/mol. The van der Waals surface area contributed by atoms with Crippen molar-refractivity contribution in [3.8, 4) is 0 Å². The Labute approximate surface area is 106 Å². The summed E-state index contributed by atoms with van der Waals surface area (Å²) in [6.07, 6.45) is 4.85. The van der Waals surface area contributed by atoms with Gasteiger partial charge >= 0.3 is 0 Å². The first-order chi connectivity index (χ1) is 8.58. The van der Waals surface area contributed by atoms with Gasteiger partial charge < -0.3 is 16.8 Å². The van der Waals surface area contributed by atoms with Gasteiger partial charge in [-0.1, -0.05) is 19.3 Å². The predicted molar refractivity (Wildman–Crippen MR) is 69.8 cm³/mol. The lowest BCUT2D eigenvalue weighted by Gasteiger charge is -2.25. The summed E-state index contributed by atoms with van der Waals surface area (Å²) in [6.45, 7) is 0.698. The van der Waals surface area contributed by atoms with Crippen LogP contribution in [0.25, 0.3) is 0 Å². The Balaban J connectivity index is 2.01. The van der Waals surface area contributed by atoms with Gasteiger partial charge in [-0.3, -0.25) is 4.79 Å². The highest BCUT2D eigenvalue weighted by Crippen LogP contribution is 2.29. The second-order valence-electron chi connectivity index (χ2n) is 4.80. The molecule has 1 saturated carbocycles. The number of nitrogen functional groups attached to an aromatic ring is 1. The minimum absolute atomic E-state index is 0.0737. The maximum absolute atomic E-state index is 13.6. The number of hydrogen-bond donors (Lipinski definition) is 3.